The Morgan fingerprint density at radius 1 is 1.50 bits per heavy atom. The number of nitrogens with one attached hydrogen (secondary N) is 2. The van der Waals surface area contributed by atoms with Crippen molar-refractivity contribution in [3.8, 4) is 0 Å². The SMILES string of the molecule is CCN(C)S(=O)(=O)NCCC1CCNC1.Cl. The van der Waals surface area contributed by atoms with Crippen LogP contribution in [0.2, 0.25) is 0 Å². The van der Waals surface area contributed by atoms with E-state index in [0.29, 0.717) is 19.0 Å². The van der Waals surface area contributed by atoms with Crippen LogP contribution in [0.5, 0.6) is 0 Å². The molecular formula is C9H22ClN3O2S. The van der Waals surface area contributed by atoms with Crippen molar-refractivity contribution < 1.29 is 8.42 Å². The van der Waals surface area contributed by atoms with E-state index in [1.54, 1.807) is 7.05 Å². The second-order valence-corrected chi connectivity index (χ2v) is 5.82. The third-order valence-corrected chi connectivity index (χ3v) is 4.50. The van der Waals surface area contributed by atoms with E-state index in [4.69, 9.17) is 0 Å². The normalized spacial score (nSPS) is 21.1. The molecule has 1 unspecified atom stereocenters. The minimum absolute atomic E-state index is 0. The van der Waals surface area contributed by atoms with E-state index in [9.17, 15) is 8.42 Å². The largest absolute Gasteiger partial charge is 0.316 e. The quantitative estimate of drug-likeness (QED) is 0.725. The van der Waals surface area contributed by atoms with Crippen LogP contribution in [0.15, 0.2) is 0 Å². The van der Waals surface area contributed by atoms with E-state index in [2.05, 4.69) is 10.0 Å². The van der Waals surface area contributed by atoms with Crippen molar-refractivity contribution in [2.45, 2.75) is 19.8 Å². The molecule has 0 aliphatic carbocycles. The Morgan fingerprint density at radius 3 is 2.69 bits per heavy atom. The first-order valence-corrected chi connectivity index (χ1v) is 6.92. The third kappa shape index (κ3) is 4.97. The second-order valence-electron chi connectivity index (χ2n) is 3.96. The number of rotatable bonds is 6. The van der Waals surface area contributed by atoms with Gasteiger partial charge in [-0.1, -0.05) is 6.92 Å². The zero-order valence-corrected chi connectivity index (χ0v) is 11.5. The van der Waals surface area contributed by atoms with Crippen molar-refractivity contribution >= 4 is 22.6 Å². The van der Waals surface area contributed by atoms with Gasteiger partial charge in [-0.25, -0.2) is 4.72 Å². The highest BCUT2D eigenvalue weighted by molar-refractivity contribution is 7.87. The van der Waals surface area contributed by atoms with Crippen molar-refractivity contribution in [1.29, 1.82) is 0 Å². The van der Waals surface area contributed by atoms with E-state index in [-0.39, 0.29) is 12.4 Å². The first kappa shape index (κ1) is 16.1. The van der Waals surface area contributed by atoms with Gasteiger partial charge >= 0.3 is 0 Å². The van der Waals surface area contributed by atoms with Crippen molar-refractivity contribution in [2.75, 3.05) is 33.2 Å². The lowest BCUT2D eigenvalue weighted by Gasteiger charge is -2.16. The fourth-order valence-corrected chi connectivity index (χ4v) is 2.57. The molecule has 0 bridgehead atoms. The molecule has 0 spiro atoms. The molecule has 1 fully saturated rings. The van der Waals surface area contributed by atoms with Crippen LogP contribution in [0, 0.1) is 5.92 Å². The minimum Gasteiger partial charge on any atom is -0.316 e. The average molecular weight is 272 g/mol. The van der Waals surface area contributed by atoms with Crippen LogP contribution in [0.3, 0.4) is 0 Å². The molecule has 5 nitrogen and oxygen atoms in total. The van der Waals surface area contributed by atoms with Crippen LogP contribution in [-0.4, -0.2) is 45.9 Å². The predicted octanol–water partition coefficient (Wildman–Crippen LogP) is 0.194. The minimum atomic E-state index is -3.24. The molecule has 1 heterocycles. The lowest BCUT2D eigenvalue weighted by atomic mass is 10.1. The molecule has 0 aromatic rings. The first-order chi connectivity index (χ1) is 7.06. The van der Waals surface area contributed by atoms with Crippen LogP contribution < -0.4 is 10.0 Å². The molecule has 0 amide bonds. The highest BCUT2D eigenvalue weighted by atomic mass is 35.5. The highest BCUT2D eigenvalue weighted by Gasteiger charge is 2.17. The summed E-state index contributed by atoms with van der Waals surface area (Å²) in [6.45, 7) is 4.94. The summed E-state index contributed by atoms with van der Waals surface area (Å²) in [5, 5.41) is 3.27. The molecule has 7 heteroatoms. The molecule has 2 N–H and O–H groups in total. The summed E-state index contributed by atoms with van der Waals surface area (Å²) < 4.78 is 27.0. The lowest BCUT2D eigenvalue weighted by Crippen LogP contribution is -2.38. The summed E-state index contributed by atoms with van der Waals surface area (Å²) in [6.07, 6.45) is 2.08. The molecule has 1 aliphatic heterocycles. The van der Waals surface area contributed by atoms with Gasteiger partial charge in [0.2, 0.25) is 0 Å². The Bertz CT molecular complexity index is 278. The second kappa shape index (κ2) is 7.45. The smallest absolute Gasteiger partial charge is 0.279 e. The fourth-order valence-electron chi connectivity index (χ4n) is 1.63. The van der Waals surface area contributed by atoms with Crippen LogP contribution in [0.4, 0.5) is 0 Å². The van der Waals surface area contributed by atoms with E-state index in [1.807, 2.05) is 6.92 Å². The molecule has 0 radical (unpaired) electrons. The highest BCUT2D eigenvalue weighted by Crippen LogP contribution is 2.11. The summed E-state index contributed by atoms with van der Waals surface area (Å²) in [4.78, 5) is 0. The van der Waals surface area contributed by atoms with Crippen molar-refractivity contribution in [1.82, 2.24) is 14.3 Å². The summed E-state index contributed by atoms with van der Waals surface area (Å²) in [6, 6.07) is 0. The summed E-state index contributed by atoms with van der Waals surface area (Å²) >= 11 is 0. The Kier molecular flexibility index (Phi) is 7.50. The number of nitrogens with zero attached hydrogens (tertiary/aromatic N) is 1. The molecular weight excluding hydrogens is 250 g/mol. The molecule has 1 aliphatic rings. The van der Waals surface area contributed by atoms with Gasteiger partial charge in [-0.2, -0.15) is 12.7 Å². The van der Waals surface area contributed by atoms with Gasteiger partial charge in [-0.3, -0.25) is 0 Å². The van der Waals surface area contributed by atoms with Gasteiger partial charge in [0, 0.05) is 20.1 Å². The molecule has 1 atom stereocenters. The van der Waals surface area contributed by atoms with Gasteiger partial charge in [-0.15, -0.1) is 12.4 Å². The maximum Gasteiger partial charge on any atom is 0.279 e. The van der Waals surface area contributed by atoms with Crippen LogP contribution in [-0.2, 0) is 10.2 Å². The molecule has 98 valence electrons. The van der Waals surface area contributed by atoms with E-state index in [1.165, 1.54) is 4.31 Å². The molecule has 1 rings (SSSR count). The Labute approximate surface area is 105 Å². The zero-order valence-electron chi connectivity index (χ0n) is 9.90. The molecule has 1 saturated heterocycles. The monoisotopic (exact) mass is 271 g/mol. The topological polar surface area (TPSA) is 61.4 Å². The number of halogens is 1. The van der Waals surface area contributed by atoms with Gasteiger partial charge < -0.3 is 5.32 Å². The maximum atomic E-state index is 11.5. The van der Waals surface area contributed by atoms with Crippen molar-refractivity contribution in [3.63, 3.8) is 0 Å². The predicted molar refractivity (Wildman–Crippen MR) is 68.1 cm³/mol. The third-order valence-electron chi connectivity index (χ3n) is 2.86. The Balaban J connectivity index is 0.00000225. The van der Waals surface area contributed by atoms with Gasteiger partial charge in [0.25, 0.3) is 10.2 Å². The standard InChI is InChI=1S/C9H21N3O2S.ClH/c1-3-12(2)15(13,14)11-7-5-9-4-6-10-8-9;/h9-11H,3-8H2,1-2H3;1H. The molecule has 0 aromatic heterocycles. The van der Waals surface area contributed by atoms with Gasteiger partial charge in [0.05, 0.1) is 0 Å². The maximum absolute atomic E-state index is 11.5. The summed E-state index contributed by atoms with van der Waals surface area (Å²) in [7, 11) is -1.66. The van der Waals surface area contributed by atoms with Crippen LogP contribution >= 0.6 is 12.4 Å². The van der Waals surface area contributed by atoms with E-state index < -0.39 is 10.2 Å². The molecule has 16 heavy (non-hydrogen) atoms. The average Bonchev–Trinajstić information content (AvgIpc) is 2.69. The van der Waals surface area contributed by atoms with Crippen molar-refractivity contribution in [3.05, 3.63) is 0 Å². The zero-order chi connectivity index (χ0) is 11.3. The van der Waals surface area contributed by atoms with Gasteiger partial charge in [0.1, 0.15) is 0 Å². The molecule has 0 saturated carbocycles. The van der Waals surface area contributed by atoms with Crippen LogP contribution in [0.25, 0.3) is 0 Å². The Morgan fingerprint density at radius 2 is 2.19 bits per heavy atom. The van der Waals surface area contributed by atoms with Gasteiger partial charge in [-0.05, 0) is 31.8 Å². The Hall–Kier alpha value is 0.120. The van der Waals surface area contributed by atoms with Crippen LogP contribution in [0.1, 0.15) is 19.8 Å². The van der Waals surface area contributed by atoms with E-state index >= 15 is 0 Å². The number of hydrogen-bond donors (Lipinski definition) is 2. The summed E-state index contributed by atoms with van der Waals surface area (Å²) in [5.74, 6) is 0.625. The molecule has 0 aromatic carbocycles. The lowest BCUT2D eigenvalue weighted by molar-refractivity contribution is 0.463. The summed E-state index contributed by atoms with van der Waals surface area (Å²) in [5.41, 5.74) is 0. The van der Waals surface area contributed by atoms with Gasteiger partial charge in [0.15, 0.2) is 0 Å². The van der Waals surface area contributed by atoms with E-state index in [0.717, 1.165) is 25.9 Å². The van der Waals surface area contributed by atoms with Crippen molar-refractivity contribution in [2.24, 2.45) is 5.92 Å². The fraction of sp³-hybridized carbons (Fsp3) is 1.00. The first-order valence-electron chi connectivity index (χ1n) is 5.48. The number of hydrogen-bond acceptors (Lipinski definition) is 3.